The minimum absolute atomic E-state index is 0.0470. The number of hydrogen-bond donors (Lipinski definition) is 3. The van der Waals surface area contributed by atoms with E-state index in [0.29, 0.717) is 24.0 Å². The van der Waals surface area contributed by atoms with Crippen LogP contribution in [0.25, 0.3) is 0 Å². The Hall–Kier alpha value is -1.30. The Morgan fingerprint density at radius 3 is 2.72 bits per heavy atom. The van der Waals surface area contributed by atoms with E-state index >= 15 is 0 Å². The molecular formula is C12H19BrN4O. The summed E-state index contributed by atoms with van der Waals surface area (Å²) in [4.78, 5) is 15.9. The average Bonchev–Trinajstić information content (AvgIpc) is 2.29. The predicted molar refractivity (Wildman–Crippen MR) is 77.3 cm³/mol. The SMILES string of the molecule is CC(C)CNC(=O)C(C)Nc1ncc(N)cc1Br. The van der Waals surface area contributed by atoms with Crippen molar-refractivity contribution in [1.82, 2.24) is 10.3 Å². The number of nitrogen functional groups attached to an aromatic ring is 1. The zero-order valence-electron chi connectivity index (χ0n) is 10.8. The number of carbonyl (C=O) groups is 1. The van der Waals surface area contributed by atoms with E-state index < -0.39 is 0 Å². The van der Waals surface area contributed by atoms with E-state index in [1.54, 1.807) is 19.2 Å². The molecule has 100 valence electrons. The molecule has 0 saturated heterocycles. The van der Waals surface area contributed by atoms with Crippen LogP contribution >= 0.6 is 15.9 Å². The molecule has 1 aromatic heterocycles. The number of aromatic nitrogens is 1. The summed E-state index contributed by atoms with van der Waals surface area (Å²) in [5, 5.41) is 5.90. The van der Waals surface area contributed by atoms with Crippen molar-refractivity contribution in [2.75, 3.05) is 17.6 Å². The standard InChI is InChI=1S/C12H19BrN4O/c1-7(2)5-16-12(18)8(3)17-11-10(13)4-9(14)6-15-11/h4,6-8H,5,14H2,1-3H3,(H,15,17)(H,16,18). The minimum atomic E-state index is -0.351. The second kappa shape index (κ2) is 6.58. The molecule has 1 atom stereocenters. The van der Waals surface area contributed by atoms with E-state index in [1.165, 1.54) is 0 Å². The Morgan fingerprint density at radius 2 is 2.17 bits per heavy atom. The third-order valence-electron chi connectivity index (χ3n) is 2.29. The van der Waals surface area contributed by atoms with Gasteiger partial charge in [0.2, 0.25) is 5.91 Å². The molecule has 0 aliphatic rings. The first kappa shape index (κ1) is 14.8. The molecule has 0 aliphatic carbocycles. The molecular weight excluding hydrogens is 296 g/mol. The van der Waals surface area contributed by atoms with Crippen molar-refractivity contribution in [3.05, 3.63) is 16.7 Å². The number of rotatable bonds is 5. The molecule has 18 heavy (non-hydrogen) atoms. The lowest BCUT2D eigenvalue weighted by Crippen LogP contribution is -2.39. The molecule has 1 aromatic rings. The van der Waals surface area contributed by atoms with Gasteiger partial charge in [0.25, 0.3) is 0 Å². The molecule has 0 aliphatic heterocycles. The molecule has 0 fully saturated rings. The molecule has 1 amide bonds. The number of anilines is 2. The van der Waals surface area contributed by atoms with Crippen molar-refractivity contribution in [2.45, 2.75) is 26.8 Å². The van der Waals surface area contributed by atoms with E-state index in [4.69, 9.17) is 5.73 Å². The lowest BCUT2D eigenvalue weighted by Gasteiger charge is -2.16. The van der Waals surface area contributed by atoms with Crippen LogP contribution in [0.4, 0.5) is 11.5 Å². The van der Waals surface area contributed by atoms with Gasteiger partial charge in [0.1, 0.15) is 11.9 Å². The van der Waals surface area contributed by atoms with E-state index in [-0.39, 0.29) is 11.9 Å². The van der Waals surface area contributed by atoms with Gasteiger partial charge in [0.15, 0.2) is 0 Å². The summed E-state index contributed by atoms with van der Waals surface area (Å²) in [5.41, 5.74) is 6.17. The molecule has 1 heterocycles. The predicted octanol–water partition coefficient (Wildman–Crippen LogP) is 2.00. The molecule has 6 heteroatoms. The van der Waals surface area contributed by atoms with Crippen LogP contribution in [0, 0.1) is 5.92 Å². The fourth-order valence-corrected chi connectivity index (χ4v) is 1.77. The number of amides is 1. The van der Waals surface area contributed by atoms with Crippen LogP contribution in [-0.2, 0) is 4.79 Å². The molecule has 0 aromatic carbocycles. The van der Waals surface area contributed by atoms with Crippen LogP contribution in [0.3, 0.4) is 0 Å². The molecule has 1 unspecified atom stereocenters. The maximum Gasteiger partial charge on any atom is 0.242 e. The van der Waals surface area contributed by atoms with Crippen molar-refractivity contribution in [1.29, 1.82) is 0 Å². The van der Waals surface area contributed by atoms with Crippen molar-refractivity contribution < 1.29 is 4.79 Å². The van der Waals surface area contributed by atoms with Crippen molar-refractivity contribution >= 4 is 33.3 Å². The van der Waals surface area contributed by atoms with E-state index in [0.717, 1.165) is 4.47 Å². The molecule has 0 saturated carbocycles. The first-order valence-corrected chi connectivity index (χ1v) is 6.64. The molecule has 5 nitrogen and oxygen atoms in total. The zero-order chi connectivity index (χ0) is 13.7. The highest BCUT2D eigenvalue weighted by molar-refractivity contribution is 9.10. The van der Waals surface area contributed by atoms with Gasteiger partial charge < -0.3 is 16.4 Å². The fraction of sp³-hybridized carbons (Fsp3) is 0.500. The lowest BCUT2D eigenvalue weighted by atomic mass is 10.2. The van der Waals surface area contributed by atoms with Gasteiger partial charge in [-0.3, -0.25) is 4.79 Å². The van der Waals surface area contributed by atoms with Gasteiger partial charge in [-0.2, -0.15) is 0 Å². The van der Waals surface area contributed by atoms with Gasteiger partial charge >= 0.3 is 0 Å². The molecule has 0 bridgehead atoms. The number of nitrogens with two attached hydrogens (primary N) is 1. The van der Waals surface area contributed by atoms with Crippen molar-refractivity contribution in [3.8, 4) is 0 Å². The number of nitrogens with zero attached hydrogens (tertiary/aromatic N) is 1. The van der Waals surface area contributed by atoms with E-state index in [9.17, 15) is 4.79 Å². The van der Waals surface area contributed by atoms with Crippen LogP contribution in [0.1, 0.15) is 20.8 Å². The largest absolute Gasteiger partial charge is 0.397 e. The zero-order valence-corrected chi connectivity index (χ0v) is 12.4. The number of nitrogens with one attached hydrogen (secondary N) is 2. The first-order chi connectivity index (χ1) is 8.40. The summed E-state index contributed by atoms with van der Waals surface area (Å²) in [6, 6.07) is 1.39. The lowest BCUT2D eigenvalue weighted by molar-refractivity contribution is -0.121. The van der Waals surface area contributed by atoms with Gasteiger partial charge in [0.05, 0.1) is 16.4 Å². The third-order valence-corrected chi connectivity index (χ3v) is 2.90. The highest BCUT2D eigenvalue weighted by Crippen LogP contribution is 2.22. The Bertz CT molecular complexity index is 423. The summed E-state index contributed by atoms with van der Waals surface area (Å²) in [6.07, 6.45) is 1.55. The molecule has 0 spiro atoms. The highest BCUT2D eigenvalue weighted by Gasteiger charge is 2.14. The van der Waals surface area contributed by atoms with E-state index in [1.807, 2.05) is 0 Å². The number of halogens is 1. The topological polar surface area (TPSA) is 80.0 Å². The summed E-state index contributed by atoms with van der Waals surface area (Å²) >= 11 is 3.35. The van der Waals surface area contributed by atoms with Gasteiger partial charge in [-0.15, -0.1) is 0 Å². The van der Waals surface area contributed by atoms with E-state index in [2.05, 4.69) is 45.4 Å². The second-order valence-electron chi connectivity index (χ2n) is 4.60. The smallest absolute Gasteiger partial charge is 0.242 e. The summed E-state index contributed by atoms with van der Waals surface area (Å²) in [7, 11) is 0. The van der Waals surface area contributed by atoms with Gasteiger partial charge in [-0.05, 0) is 34.8 Å². The summed E-state index contributed by atoms with van der Waals surface area (Å²) in [5.74, 6) is 0.994. The Labute approximate surface area is 116 Å². The Kier molecular flexibility index (Phi) is 5.40. The summed E-state index contributed by atoms with van der Waals surface area (Å²) in [6.45, 7) is 6.56. The molecule has 0 radical (unpaired) electrons. The van der Waals surface area contributed by atoms with Gasteiger partial charge in [0, 0.05) is 6.54 Å². The maximum atomic E-state index is 11.8. The quantitative estimate of drug-likeness (QED) is 0.776. The maximum absolute atomic E-state index is 11.8. The third kappa shape index (κ3) is 4.52. The highest BCUT2D eigenvalue weighted by atomic mass is 79.9. The second-order valence-corrected chi connectivity index (χ2v) is 5.46. The van der Waals surface area contributed by atoms with Gasteiger partial charge in [-0.1, -0.05) is 13.8 Å². The first-order valence-electron chi connectivity index (χ1n) is 5.85. The number of hydrogen-bond acceptors (Lipinski definition) is 4. The number of carbonyl (C=O) groups excluding carboxylic acids is 1. The van der Waals surface area contributed by atoms with Crippen LogP contribution in [-0.4, -0.2) is 23.5 Å². The van der Waals surface area contributed by atoms with Gasteiger partial charge in [-0.25, -0.2) is 4.98 Å². The molecule has 1 rings (SSSR count). The summed E-state index contributed by atoms with van der Waals surface area (Å²) < 4.78 is 0.742. The van der Waals surface area contributed by atoms with Crippen molar-refractivity contribution in [3.63, 3.8) is 0 Å². The fourth-order valence-electron chi connectivity index (χ4n) is 1.29. The normalized spacial score (nSPS) is 12.3. The van der Waals surface area contributed by atoms with Crippen LogP contribution in [0.15, 0.2) is 16.7 Å². The Morgan fingerprint density at radius 1 is 1.50 bits per heavy atom. The molecule has 4 N–H and O–H groups in total. The average molecular weight is 315 g/mol. The van der Waals surface area contributed by atoms with Crippen LogP contribution < -0.4 is 16.4 Å². The Balaban J connectivity index is 2.58. The van der Waals surface area contributed by atoms with Crippen LogP contribution in [0.2, 0.25) is 0 Å². The minimum Gasteiger partial charge on any atom is -0.397 e. The monoisotopic (exact) mass is 314 g/mol. The number of pyridine rings is 1. The van der Waals surface area contributed by atoms with Crippen molar-refractivity contribution in [2.24, 2.45) is 5.92 Å². The van der Waals surface area contributed by atoms with Crippen LogP contribution in [0.5, 0.6) is 0 Å².